The van der Waals surface area contributed by atoms with Crippen molar-refractivity contribution in [2.75, 3.05) is 7.11 Å². The van der Waals surface area contributed by atoms with Crippen molar-refractivity contribution in [1.29, 1.82) is 0 Å². The van der Waals surface area contributed by atoms with Crippen LogP contribution in [-0.4, -0.2) is 37.0 Å². The van der Waals surface area contributed by atoms with Crippen LogP contribution in [0.25, 0.3) is 44.6 Å². The first-order valence-corrected chi connectivity index (χ1v) is 10.7. The van der Waals surface area contributed by atoms with Gasteiger partial charge in [0.2, 0.25) is 0 Å². The minimum Gasteiger partial charge on any atom is -0.496 e. The van der Waals surface area contributed by atoms with Crippen LogP contribution in [0.1, 0.15) is 24.7 Å². The molecule has 0 amide bonds. The number of alkyl halides is 2. The number of nitrogens with one attached hydrogen (secondary N) is 2. The molecule has 0 aliphatic heterocycles. The second-order valence-corrected chi connectivity index (χ2v) is 7.86. The van der Waals surface area contributed by atoms with Gasteiger partial charge in [-0.3, -0.25) is 14.8 Å². The fourth-order valence-corrected chi connectivity index (χ4v) is 4.07. The molecular formula is C23H17ClF2N6O2. The van der Waals surface area contributed by atoms with E-state index >= 15 is 0 Å². The van der Waals surface area contributed by atoms with E-state index in [0.29, 0.717) is 56.3 Å². The maximum absolute atomic E-state index is 13.1. The van der Waals surface area contributed by atoms with E-state index in [-0.39, 0.29) is 16.9 Å². The second-order valence-electron chi connectivity index (χ2n) is 7.47. The van der Waals surface area contributed by atoms with Crippen molar-refractivity contribution < 1.29 is 13.5 Å². The third-order valence-corrected chi connectivity index (χ3v) is 5.65. The van der Waals surface area contributed by atoms with Gasteiger partial charge in [0.15, 0.2) is 0 Å². The van der Waals surface area contributed by atoms with Gasteiger partial charge >= 0.3 is 0 Å². The molecule has 0 aromatic carbocycles. The molecule has 172 valence electrons. The van der Waals surface area contributed by atoms with Crippen LogP contribution in [0.4, 0.5) is 8.78 Å². The number of H-pyrrole nitrogens is 2. The summed E-state index contributed by atoms with van der Waals surface area (Å²) in [6, 6.07) is 6.12. The van der Waals surface area contributed by atoms with E-state index in [1.54, 1.807) is 18.2 Å². The van der Waals surface area contributed by atoms with Gasteiger partial charge < -0.3 is 14.7 Å². The highest BCUT2D eigenvalue weighted by atomic mass is 35.5. The molecule has 0 saturated heterocycles. The number of imidazole rings is 1. The average molecular weight is 483 g/mol. The smallest absolute Gasteiger partial charge is 0.280 e. The lowest BCUT2D eigenvalue weighted by Crippen LogP contribution is -2.10. The number of aromatic nitrogens is 6. The summed E-state index contributed by atoms with van der Waals surface area (Å²) < 4.78 is 31.6. The Labute approximate surface area is 196 Å². The SMILES string of the molecule is CCc1nc(Cl)cc2[nH]c(-c3cc4c(-c5cnc(C(F)F)cc5OC)nccc4[nH]c3=O)nc12. The van der Waals surface area contributed by atoms with Gasteiger partial charge in [-0.2, -0.15) is 0 Å². The maximum atomic E-state index is 13.1. The lowest BCUT2D eigenvalue weighted by atomic mass is 10.1. The lowest BCUT2D eigenvalue weighted by Gasteiger charge is -2.12. The molecule has 0 fully saturated rings. The van der Waals surface area contributed by atoms with Crippen LogP contribution < -0.4 is 10.3 Å². The summed E-state index contributed by atoms with van der Waals surface area (Å²) in [7, 11) is 1.38. The summed E-state index contributed by atoms with van der Waals surface area (Å²) in [6.07, 6.45) is 0.673. The van der Waals surface area contributed by atoms with Crippen LogP contribution in [-0.2, 0) is 6.42 Å². The van der Waals surface area contributed by atoms with E-state index < -0.39 is 12.1 Å². The zero-order valence-electron chi connectivity index (χ0n) is 18.0. The first-order valence-electron chi connectivity index (χ1n) is 10.3. The molecule has 34 heavy (non-hydrogen) atoms. The van der Waals surface area contributed by atoms with E-state index in [4.69, 9.17) is 16.3 Å². The van der Waals surface area contributed by atoms with Gasteiger partial charge in [-0.25, -0.2) is 18.7 Å². The molecule has 0 unspecified atom stereocenters. The van der Waals surface area contributed by atoms with Gasteiger partial charge in [0.1, 0.15) is 27.9 Å². The van der Waals surface area contributed by atoms with Crippen molar-refractivity contribution in [2.24, 2.45) is 0 Å². The molecule has 2 N–H and O–H groups in total. The number of methoxy groups -OCH3 is 1. The standard InChI is InChI=1S/C23H17ClF2N6O2/c1-3-13-20-15(8-18(24)29-13)30-22(32-20)11-6-10-14(31-23(11)33)4-5-27-19(10)12-9-28-16(21(25)26)7-17(12)34-2/h4-9,21H,3H2,1-2H3,(H,30,32)(H,31,33). The highest BCUT2D eigenvalue weighted by Gasteiger charge is 2.19. The Morgan fingerprint density at radius 3 is 2.65 bits per heavy atom. The number of rotatable bonds is 5. The molecule has 0 aliphatic rings. The van der Waals surface area contributed by atoms with Crippen LogP contribution in [0.5, 0.6) is 5.75 Å². The van der Waals surface area contributed by atoms with Crippen molar-refractivity contribution in [2.45, 2.75) is 19.8 Å². The van der Waals surface area contributed by atoms with E-state index in [0.717, 1.165) is 0 Å². The van der Waals surface area contributed by atoms with Crippen LogP contribution >= 0.6 is 11.6 Å². The predicted octanol–water partition coefficient (Wildman–Crippen LogP) is 5.09. The first kappa shape index (κ1) is 21.9. The number of nitrogens with zero attached hydrogens (tertiary/aromatic N) is 4. The van der Waals surface area contributed by atoms with E-state index in [1.165, 1.54) is 25.6 Å². The Morgan fingerprint density at radius 2 is 1.91 bits per heavy atom. The zero-order valence-corrected chi connectivity index (χ0v) is 18.7. The summed E-state index contributed by atoms with van der Waals surface area (Å²) >= 11 is 6.12. The highest BCUT2D eigenvalue weighted by molar-refractivity contribution is 6.30. The fourth-order valence-electron chi connectivity index (χ4n) is 3.85. The molecule has 5 aromatic rings. The minimum absolute atomic E-state index is 0.190. The third-order valence-electron chi connectivity index (χ3n) is 5.46. The Bertz CT molecular complexity index is 1620. The predicted molar refractivity (Wildman–Crippen MR) is 124 cm³/mol. The summed E-state index contributed by atoms with van der Waals surface area (Å²) in [5, 5.41) is 0.889. The molecule has 0 bridgehead atoms. The number of halogens is 3. The van der Waals surface area contributed by atoms with Crippen molar-refractivity contribution in [3.63, 3.8) is 0 Å². The van der Waals surface area contributed by atoms with Gasteiger partial charge in [-0.1, -0.05) is 18.5 Å². The van der Waals surface area contributed by atoms with E-state index in [1.807, 2.05) is 6.92 Å². The summed E-state index contributed by atoms with van der Waals surface area (Å²) in [4.78, 5) is 36.1. The molecule has 0 saturated carbocycles. The topological polar surface area (TPSA) is 109 Å². The Hall–Kier alpha value is -3.92. The van der Waals surface area contributed by atoms with Crippen LogP contribution in [0, 0.1) is 0 Å². The summed E-state index contributed by atoms with van der Waals surface area (Å²) in [5.41, 5.74) is 2.82. The molecule has 0 radical (unpaired) electrons. The normalized spacial score (nSPS) is 11.6. The third kappa shape index (κ3) is 3.65. The largest absolute Gasteiger partial charge is 0.496 e. The van der Waals surface area contributed by atoms with Gasteiger partial charge in [0.05, 0.1) is 40.7 Å². The number of hydrogen-bond donors (Lipinski definition) is 2. The molecule has 0 aliphatic carbocycles. The number of aromatic amines is 2. The second kappa shape index (κ2) is 8.45. The van der Waals surface area contributed by atoms with Crippen LogP contribution in [0.3, 0.4) is 0 Å². The van der Waals surface area contributed by atoms with Crippen molar-refractivity contribution in [3.8, 4) is 28.4 Å². The van der Waals surface area contributed by atoms with Gasteiger partial charge in [0, 0.05) is 29.9 Å². The van der Waals surface area contributed by atoms with Crippen molar-refractivity contribution in [3.05, 3.63) is 63.6 Å². The number of pyridine rings is 4. The Kier molecular flexibility index (Phi) is 5.45. The Balaban J connectivity index is 1.73. The molecule has 11 heteroatoms. The molecular weight excluding hydrogens is 466 g/mol. The summed E-state index contributed by atoms with van der Waals surface area (Å²) in [5.74, 6) is 0.528. The monoisotopic (exact) mass is 482 g/mol. The van der Waals surface area contributed by atoms with Gasteiger partial charge in [-0.05, 0) is 18.6 Å². The Morgan fingerprint density at radius 1 is 1.09 bits per heavy atom. The molecule has 0 spiro atoms. The number of fused-ring (bicyclic) bond motifs is 2. The van der Waals surface area contributed by atoms with E-state index in [9.17, 15) is 13.6 Å². The number of hydrogen-bond acceptors (Lipinski definition) is 6. The zero-order chi connectivity index (χ0) is 24.0. The van der Waals surface area contributed by atoms with Crippen LogP contribution in [0.2, 0.25) is 5.15 Å². The lowest BCUT2D eigenvalue weighted by molar-refractivity contribution is 0.145. The quantitative estimate of drug-likeness (QED) is 0.338. The molecule has 8 nitrogen and oxygen atoms in total. The van der Waals surface area contributed by atoms with Crippen molar-refractivity contribution in [1.82, 2.24) is 29.9 Å². The number of ether oxygens (including phenoxy) is 1. The van der Waals surface area contributed by atoms with E-state index in [2.05, 4.69) is 29.9 Å². The van der Waals surface area contributed by atoms with Crippen molar-refractivity contribution >= 4 is 33.5 Å². The average Bonchev–Trinajstić information content (AvgIpc) is 3.25. The highest BCUT2D eigenvalue weighted by Crippen LogP contribution is 2.35. The van der Waals surface area contributed by atoms with Gasteiger partial charge in [0.25, 0.3) is 12.0 Å². The van der Waals surface area contributed by atoms with Gasteiger partial charge in [-0.15, -0.1) is 0 Å². The van der Waals surface area contributed by atoms with Crippen LogP contribution in [0.15, 0.2) is 41.5 Å². The summed E-state index contributed by atoms with van der Waals surface area (Å²) in [6.45, 7) is 1.94. The molecule has 5 aromatic heterocycles. The maximum Gasteiger partial charge on any atom is 0.280 e. The fraction of sp³-hybridized carbons (Fsp3) is 0.174. The molecule has 0 atom stereocenters. The number of aryl methyl sites for hydroxylation is 1. The molecule has 5 rings (SSSR count). The first-order chi connectivity index (χ1) is 16.4. The minimum atomic E-state index is -2.74. The molecule has 5 heterocycles.